The summed E-state index contributed by atoms with van der Waals surface area (Å²) in [5.41, 5.74) is 0. The molecule has 1 fully saturated rings. The Morgan fingerprint density at radius 2 is 2.07 bits per heavy atom. The first kappa shape index (κ1) is 11.6. The van der Waals surface area contributed by atoms with Crippen molar-refractivity contribution in [2.75, 3.05) is 0 Å². The van der Waals surface area contributed by atoms with Crippen molar-refractivity contribution in [1.82, 2.24) is 0 Å². The fourth-order valence-electron chi connectivity index (χ4n) is 1.83. The lowest BCUT2D eigenvalue weighted by Gasteiger charge is -2.27. The van der Waals surface area contributed by atoms with Crippen LogP contribution in [0.3, 0.4) is 0 Å². The molecule has 1 saturated carbocycles. The maximum absolute atomic E-state index is 5.72. The number of nitrogens with zero attached hydrogens (tertiary/aromatic N) is 1. The molecule has 0 amide bonds. The summed E-state index contributed by atoms with van der Waals surface area (Å²) in [6, 6.07) is 0.191. The highest BCUT2D eigenvalue weighted by Crippen LogP contribution is 2.39. The highest BCUT2D eigenvalue weighted by atomic mass is 127. The first-order valence-corrected chi connectivity index (χ1v) is 6.82. The quantitative estimate of drug-likeness (QED) is 0.474. The zero-order chi connectivity index (χ0) is 10.3. The fourth-order valence-corrected chi connectivity index (χ4v) is 3.18. The molecule has 80 valence electrons. The van der Waals surface area contributed by atoms with Gasteiger partial charge in [-0.25, -0.2) is 4.99 Å². The molecule has 0 aromatic carbocycles. The lowest BCUT2D eigenvalue weighted by Crippen LogP contribution is -2.36. The molecular formula is C8H9Cl3INO. The molecule has 0 spiro atoms. The van der Waals surface area contributed by atoms with E-state index >= 15 is 0 Å². The number of alkyl halides is 4. The summed E-state index contributed by atoms with van der Waals surface area (Å²) < 4.78 is 4.55. The molecule has 0 N–H and O–H groups in total. The van der Waals surface area contributed by atoms with Gasteiger partial charge in [0.2, 0.25) is 5.90 Å². The predicted octanol–water partition coefficient (Wildman–Crippen LogP) is 3.51. The van der Waals surface area contributed by atoms with Gasteiger partial charge in [0.05, 0.1) is 9.97 Å². The monoisotopic (exact) mass is 367 g/mol. The van der Waals surface area contributed by atoms with Crippen LogP contribution in [-0.4, -0.2) is 25.8 Å². The van der Waals surface area contributed by atoms with Crippen molar-refractivity contribution in [3.8, 4) is 0 Å². The van der Waals surface area contributed by atoms with Crippen LogP contribution in [-0.2, 0) is 4.74 Å². The Bertz CT molecular complexity index is 266. The molecule has 0 unspecified atom stereocenters. The van der Waals surface area contributed by atoms with E-state index in [9.17, 15) is 0 Å². The average Bonchev–Trinajstić information content (AvgIpc) is 2.48. The molecule has 2 aliphatic rings. The van der Waals surface area contributed by atoms with Gasteiger partial charge >= 0.3 is 0 Å². The summed E-state index contributed by atoms with van der Waals surface area (Å²) in [7, 11) is 0. The van der Waals surface area contributed by atoms with E-state index in [1.54, 1.807) is 0 Å². The van der Waals surface area contributed by atoms with Crippen molar-refractivity contribution in [3.05, 3.63) is 0 Å². The van der Waals surface area contributed by atoms with E-state index in [0.717, 1.165) is 12.8 Å². The van der Waals surface area contributed by atoms with Crippen molar-refractivity contribution >= 4 is 63.3 Å². The molecule has 0 aromatic heterocycles. The van der Waals surface area contributed by atoms with Crippen molar-refractivity contribution in [2.24, 2.45) is 4.99 Å². The number of aliphatic imine (C=N–C) groups is 1. The Labute approximate surface area is 111 Å². The van der Waals surface area contributed by atoms with Crippen LogP contribution in [0.15, 0.2) is 4.99 Å². The number of hydrogen-bond acceptors (Lipinski definition) is 2. The van der Waals surface area contributed by atoms with Crippen LogP contribution >= 0.6 is 57.4 Å². The Morgan fingerprint density at radius 1 is 1.36 bits per heavy atom. The first-order valence-electron chi connectivity index (χ1n) is 4.44. The van der Waals surface area contributed by atoms with Gasteiger partial charge in [-0.3, -0.25) is 0 Å². The molecule has 14 heavy (non-hydrogen) atoms. The lowest BCUT2D eigenvalue weighted by atomic mass is 9.93. The Hall–Kier alpha value is 1.07. The largest absolute Gasteiger partial charge is 0.471 e. The zero-order valence-corrected chi connectivity index (χ0v) is 11.6. The van der Waals surface area contributed by atoms with Gasteiger partial charge in [0, 0.05) is 0 Å². The lowest BCUT2D eigenvalue weighted by molar-refractivity contribution is 0.162. The molecule has 1 aliphatic heterocycles. The highest BCUT2D eigenvalue weighted by molar-refractivity contribution is 14.1. The molecule has 0 saturated heterocycles. The maximum atomic E-state index is 5.72. The summed E-state index contributed by atoms with van der Waals surface area (Å²) in [4.78, 5) is 4.33. The van der Waals surface area contributed by atoms with Gasteiger partial charge in [0.25, 0.3) is 3.79 Å². The van der Waals surface area contributed by atoms with Gasteiger partial charge in [-0.05, 0) is 19.3 Å². The minimum atomic E-state index is -1.51. The van der Waals surface area contributed by atoms with E-state index < -0.39 is 3.79 Å². The van der Waals surface area contributed by atoms with Crippen LogP contribution < -0.4 is 0 Å². The summed E-state index contributed by atoms with van der Waals surface area (Å²) in [6.07, 6.45) is 3.48. The normalized spacial score (nSPS) is 37.4. The van der Waals surface area contributed by atoms with Crippen LogP contribution in [0.4, 0.5) is 0 Å². The number of ether oxygens (including phenoxy) is 1. The molecule has 1 aliphatic carbocycles. The third-order valence-corrected chi connectivity index (χ3v) is 4.31. The standard InChI is InChI=1S/C8H9Cl3INO/c9-8(10,11)7-13-5-3-1-2-4(12)6(5)14-7/h4-6H,1-3H2/t4-,5-,6+/m0/s1. The first-order chi connectivity index (χ1) is 6.48. The molecule has 2 rings (SSSR count). The highest BCUT2D eigenvalue weighted by Gasteiger charge is 2.44. The summed E-state index contributed by atoms with van der Waals surface area (Å²) in [6.45, 7) is 0. The second-order valence-corrected chi connectivity index (χ2v) is 7.41. The van der Waals surface area contributed by atoms with Gasteiger partial charge in [-0.2, -0.15) is 0 Å². The van der Waals surface area contributed by atoms with Gasteiger partial charge in [0.15, 0.2) is 0 Å². The number of fused-ring (bicyclic) bond motifs is 1. The van der Waals surface area contributed by atoms with E-state index in [2.05, 4.69) is 27.6 Å². The third-order valence-electron chi connectivity index (χ3n) is 2.49. The summed E-state index contributed by atoms with van der Waals surface area (Å²) in [5.74, 6) is 0.265. The minimum absolute atomic E-state index is 0.106. The average molecular weight is 368 g/mol. The van der Waals surface area contributed by atoms with Crippen LogP contribution in [0, 0.1) is 0 Å². The third kappa shape index (κ3) is 2.25. The predicted molar refractivity (Wildman–Crippen MR) is 68.0 cm³/mol. The minimum Gasteiger partial charge on any atom is -0.471 e. The van der Waals surface area contributed by atoms with Crippen LogP contribution in [0.1, 0.15) is 19.3 Å². The Kier molecular flexibility index (Phi) is 3.42. The zero-order valence-electron chi connectivity index (χ0n) is 7.22. The van der Waals surface area contributed by atoms with E-state index in [0.29, 0.717) is 3.92 Å². The van der Waals surface area contributed by atoms with Crippen LogP contribution in [0.25, 0.3) is 0 Å². The number of halogens is 4. The molecule has 2 nitrogen and oxygen atoms in total. The second-order valence-electron chi connectivity index (χ2n) is 3.53. The van der Waals surface area contributed by atoms with Gasteiger partial charge in [-0.15, -0.1) is 0 Å². The van der Waals surface area contributed by atoms with Crippen molar-refractivity contribution < 1.29 is 4.74 Å². The Balaban J connectivity index is 2.13. The smallest absolute Gasteiger partial charge is 0.266 e. The summed E-state index contributed by atoms with van der Waals surface area (Å²) in [5, 5.41) is 0. The van der Waals surface area contributed by atoms with Gasteiger partial charge < -0.3 is 4.74 Å². The van der Waals surface area contributed by atoms with Crippen molar-refractivity contribution in [3.63, 3.8) is 0 Å². The van der Waals surface area contributed by atoms with Crippen LogP contribution in [0.2, 0.25) is 0 Å². The molecular weight excluding hydrogens is 359 g/mol. The topological polar surface area (TPSA) is 21.6 Å². The molecule has 0 radical (unpaired) electrons. The van der Waals surface area contributed by atoms with E-state index in [4.69, 9.17) is 39.5 Å². The number of rotatable bonds is 0. The molecule has 6 heteroatoms. The molecule has 3 atom stereocenters. The van der Waals surface area contributed by atoms with Crippen LogP contribution in [0.5, 0.6) is 0 Å². The molecule has 1 heterocycles. The van der Waals surface area contributed by atoms with Crippen molar-refractivity contribution in [2.45, 2.75) is 39.1 Å². The Morgan fingerprint density at radius 3 is 2.64 bits per heavy atom. The van der Waals surface area contributed by atoms with Crippen molar-refractivity contribution in [1.29, 1.82) is 0 Å². The molecule has 0 bridgehead atoms. The SMILES string of the molecule is ClC(Cl)(Cl)C1=N[C@H]2CCC[C@H](I)[C@H]2O1. The van der Waals surface area contributed by atoms with Gasteiger partial charge in [0.1, 0.15) is 6.10 Å². The number of hydrogen-bond donors (Lipinski definition) is 0. The second kappa shape index (κ2) is 4.15. The van der Waals surface area contributed by atoms with Gasteiger partial charge in [-0.1, -0.05) is 57.4 Å². The van der Waals surface area contributed by atoms with E-state index in [1.807, 2.05) is 0 Å². The fraction of sp³-hybridized carbons (Fsp3) is 0.875. The van der Waals surface area contributed by atoms with E-state index in [1.165, 1.54) is 6.42 Å². The molecule has 0 aromatic rings. The maximum Gasteiger partial charge on any atom is 0.266 e. The van der Waals surface area contributed by atoms with E-state index in [-0.39, 0.29) is 18.0 Å². The summed E-state index contributed by atoms with van der Waals surface area (Å²) >= 11 is 19.6.